The number of benzene rings is 1. The fourth-order valence-corrected chi connectivity index (χ4v) is 3.27. The number of para-hydroxylation sites is 1. The van der Waals surface area contributed by atoms with Crippen molar-refractivity contribution in [3.63, 3.8) is 0 Å². The first-order valence-electron chi connectivity index (χ1n) is 7.87. The fraction of sp³-hybridized carbons (Fsp3) is 0.412. The predicted molar refractivity (Wildman–Crippen MR) is 88.3 cm³/mol. The van der Waals surface area contributed by atoms with Gasteiger partial charge in [-0.1, -0.05) is 31.0 Å². The van der Waals surface area contributed by atoms with Crippen LogP contribution < -0.4 is 16.4 Å². The van der Waals surface area contributed by atoms with Crippen molar-refractivity contribution < 1.29 is 4.79 Å². The molecule has 2 unspecified atom stereocenters. The summed E-state index contributed by atoms with van der Waals surface area (Å²) in [4.78, 5) is 16.7. The molecular formula is C17H22N4O. The number of anilines is 1. The normalized spacial score (nSPS) is 21.5. The molecule has 0 spiro atoms. The SMILES string of the molecule is NCNC(=O)C1CCCCC1Nc1cccc2cccnc12. The van der Waals surface area contributed by atoms with Crippen molar-refractivity contribution in [3.8, 4) is 0 Å². The van der Waals surface area contributed by atoms with Crippen LogP contribution in [0.1, 0.15) is 25.7 Å². The van der Waals surface area contributed by atoms with E-state index in [0.29, 0.717) is 0 Å². The van der Waals surface area contributed by atoms with Crippen LogP contribution in [0.25, 0.3) is 10.9 Å². The smallest absolute Gasteiger partial charge is 0.226 e. The van der Waals surface area contributed by atoms with Crippen molar-refractivity contribution in [1.29, 1.82) is 0 Å². The van der Waals surface area contributed by atoms with E-state index in [4.69, 9.17) is 5.73 Å². The first-order valence-corrected chi connectivity index (χ1v) is 7.87. The van der Waals surface area contributed by atoms with Gasteiger partial charge in [0.15, 0.2) is 0 Å². The van der Waals surface area contributed by atoms with Gasteiger partial charge in [-0.25, -0.2) is 0 Å². The first kappa shape index (κ1) is 14.8. The van der Waals surface area contributed by atoms with Crippen LogP contribution in [0, 0.1) is 5.92 Å². The second-order valence-corrected chi connectivity index (χ2v) is 5.77. The third-order valence-electron chi connectivity index (χ3n) is 4.35. The van der Waals surface area contributed by atoms with E-state index in [2.05, 4.69) is 15.6 Å². The van der Waals surface area contributed by atoms with Gasteiger partial charge in [0.1, 0.15) is 0 Å². The summed E-state index contributed by atoms with van der Waals surface area (Å²) in [5.74, 6) is 0.0177. The zero-order chi connectivity index (χ0) is 15.4. The van der Waals surface area contributed by atoms with Crippen LogP contribution in [-0.2, 0) is 4.79 Å². The van der Waals surface area contributed by atoms with Crippen LogP contribution in [0.2, 0.25) is 0 Å². The molecule has 1 amide bonds. The number of fused-ring (bicyclic) bond motifs is 1. The van der Waals surface area contributed by atoms with Gasteiger partial charge in [-0.3, -0.25) is 9.78 Å². The summed E-state index contributed by atoms with van der Waals surface area (Å²) in [5.41, 5.74) is 7.39. The first-order chi connectivity index (χ1) is 10.8. The number of nitrogens with zero attached hydrogens (tertiary/aromatic N) is 1. The Labute approximate surface area is 130 Å². The monoisotopic (exact) mass is 298 g/mol. The highest BCUT2D eigenvalue weighted by Crippen LogP contribution is 2.29. The molecule has 2 aromatic rings. The molecule has 1 aliphatic rings. The van der Waals surface area contributed by atoms with Crippen LogP contribution >= 0.6 is 0 Å². The fourth-order valence-electron chi connectivity index (χ4n) is 3.27. The molecule has 0 bridgehead atoms. The van der Waals surface area contributed by atoms with E-state index in [1.807, 2.05) is 30.3 Å². The van der Waals surface area contributed by atoms with Crippen molar-refractivity contribution in [2.45, 2.75) is 31.7 Å². The lowest BCUT2D eigenvalue weighted by Crippen LogP contribution is -2.44. The molecule has 1 saturated carbocycles. The second-order valence-electron chi connectivity index (χ2n) is 5.77. The molecule has 5 heteroatoms. The molecule has 0 aliphatic heterocycles. The Kier molecular flexibility index (Phi) is 4.53. The van der Waals surface area contributed by atoms with Crippen molar-refractivity contribution in [2.75, 3.05) is 12.0 Å². The standard InChI is InChI=1S/C17H22N4O/c18-11-20-17(22)13-7-1-2-8-14(13)21-15-9-3-5-12-6-4-10-19-16(12)15/h3-6,9-10,13-14,21H,1-2,7-8,11,18H2,(H,20,22). The summed E-state index contributed by atoms with van der Waals surface area (Å²) in [6, 6.07) is 10.2. The van der Waals surface area contributed by atoms with Gasteiger partial charge in [0.05, 0.1) is 23.8 Å². The van der Waals surface area contributed by atoms with Gasteiger partial charge < -0.3 is 16.4 Å². The average molecular weight is 298 g/mol. The van der Waals surface area contributed by atoms with Crippen molar-refractivity contribution in [3.05, 3.63) is 36.5 Å². The Morgan fingerprint density at radius 3 is 2.91 bits per heavy atom. The number of hydrogen-bond acceptors (Lipinski definition) is 4. The Bertz CT molecular complexity index is 653. The summed E-state index contributed by atoms with van der Waals surface area (Å²) in [7, 11) is 0. The van der Waals surface area contributed by atoms with Crippen LogP contribution in [0.15, 0.2) is 36.5 Å². The highest BCUT2D eigenvalue weighted by atomic mass is 16.2. The number of nitrogens with one attached hydrogen (secondary N) is 2. The van der Waals surface area contributed by atoms with Gasteiger partial charge in [0, 0.05) is 17.6 Å². The number of amides is 1. The van der Waals surface area contributed by atoms with E-state index < -0.39 is 0 Å². The number of hydrogen-bond donors (Lipinski definition) is 3. The van der Waals surface area contributed by atoms with Gasteiger partial charge in [-0.05, 0) is 25.0 Å². The molecule has 1 fully saturated rings. The van der Waals surface area contributed by atoms with Crippen LogP contribution in [0.5, 0.6) is 0 Å². The molecule has 1 aromatic carbocycles. The molecule has 0 radical (unpaired) electrons. The number of nitrogens with two attached hydrogens (primary N) is 1. The van der Waals surface area contributed by atoms with E-state index in [0.717, 1.165) is 42.3 Å². The summed E-state index contributed by atoms with van der Waals surface area (Å²) >= 11 is 0. The molecule has 1 heterocycles. The topological polar surface area (TPSA) is 80.0 Å². The van der Waals surface area contributed by atoms with Gasteiger partial charge in [0.2, 0.25) is 5.91 Å². The van der Waals surface area contributed by atoms with E-state index >= 15 is 0 Å². The lowest BCUT2D eigenvalue weighted by Gasteiger charge is -2.32. The molecule has 116 valence electrons. The van der Waals surface area contributed by atoms with E-state index in [1.54, 1.807) is 6.20 Å². The zero-order valence-electron chi connectivity index (χ0n) is 12.6. The highest BCUT2D eigenvalue weighted by molar-refractivity contribution is 5.90. The Morgan fingerprint density at radius 2 is 2.05 bits per heavy atom. The number of pyridine rings is 1. The second kappa shape index (κ2) is 6.75. The molecule has 22 heavy (non-hydrogen) atoms. The van der Waals surface area contributed by atoms with Gasteiger partial charge in [-0.2, -0.15) is 0 Å². The third kappa shape index (κ3) is 3.04. The summed E-state index contributed by atoms with van der Waals surface area (Å²) < 4.78 is 0. The number of aromatic nitrogens is 1. The lowest BCUT2D eigenvalue weighted by atomic mass is 9.83. The average Bonchev–Trinajstić information content (AvgIpc) is 2.56. The third-order valence-corrected chi connectivity index (χ3v) is 4.35. The molecule has 2 atom stereocenters. The largest absolute Gasteiger partial charge is 0.380 e. The van der Waals surface area contributed by atoms with Gasteiger partial charge in [-0.15, -0.1) is 0 Å². The predicted octanol–water partition coefficient (Wildman–Crippen LogP) is 2.24. The molecule has 1 aromatic heterocycles. The minimum Gasteiger partial charge on any atom is -0.380 e. The number of carbonyl (C=O) groups is 1. The van der Waals surface area contributed by atoms with Crippen molar-refractivity contribution >= 4 is 22.5 Å². The van der Waals surface area contributed by atoms with E-state index in [1.165, 1.54) is 0 Å². The summed E-state index contributed by atoms with van der Waals surface area (Å²) in [5, 5.41) is 7.40. The Hall–Kier alpha value is -2.14. The Morgan fingerprint density at radius 1 is 1.23 bits per heavy atom. The molecule has 4 N–H and O–H groups in total. The number of rotatable bonds is 4. The molecular weight excluding hydrogens is 276 g/mol. The number of carbonyl (C=O) groups excluding carboxylic acids is 1. The van der Waals surface area contributed by atoms with Crippen LogP contribution in [0.4, 0.5) is 5.69 Å². The summed E-state index contributed by atoms with van der Waals surface area (Å²) in [6.07, 6.45) is 5.93. The molecule has 3 rings (SSSR count). The minimum atomic E-state index is -0.0312. The zero-order valence-corrected chi connectivity index (χ0v) is 12.6. The maximum Gasteiger partial charge on any atom is 0.226 e. The van der Waals surface area contributed by atoms with Crippen LogP contribution in [0.3, 0.4) is 0 Å². The maximum absolute atomic E-state index is 12.2. The maximum atomic E-state index is 12.2. The van der Waals surface area contributed by atoms with Gasteiger partial charge in [0.25, 0.3) is 0 Å². The molecule has 5 nitrogen and oxygen atoms in total. The molecule has 0 saturated heterocycles. The van der Waals surface area contributed by atoms with E-state index in [-0.39, 0.29) is 24.5 Å². The van der Waals surface area contributed by atoms with Crippen molar-refractivity contribution in [1.82, 2.24) is 10.3 Å². The van der Waals surface area contributed by atoms with Crippen molar-refractivity contribution in [2.24, 2.45) is 11.7 Å². The summed E-state index contributed by atoms with van der Waals surface area (Å²) in [6.45, 7) is 0.192. The highest BCUT2D eigenvalue weighted by Gasteiger charge is 2.30. The van der Waals surface area contributed by atoms with Crippen LogP contribution in [-0.4, -0.2) is 23.6 Å². The Balaban J connectivity index is 1.84. The quantitative estimate of drug-likeness (QED) is 0.756. The lowest BCUT2D eigenvalue weighted by molar-refractivity contribution is -0.126. The van der Waals surface area contributed by atoms with Gasteiger partial charge >= 0.3 is 0 Å². The molecule has 1 aliphatic carbocycles. The minimum absolute atomic E-state index is 0.0312. The van der Waals surface area contributed by atoms with E-state index in [9.17, 15) is 4.79 Å².